The highest BCUT2D eigenvalue weighted by Crippen LogP contribution is 2.23. The maximum Gasteiger partial charge on any atom is 0.0992 e. The Balaban J connectivity index is 2.01. The summed E-state index contributed by atoms with van der Waals surface area (Å²) in [5.74, 6) is 0. The zero-order valence-electron chi connectivity index (χ0n) is 12.1. The van der Waals surface area contributed by atoms with Crippen molar-refractivity contribution < 1.29 is 0 Å². The Labute approximate surface area is 120 Å². The van der Waals surface area contributed by atoms with E-state index in [1.54, 1.807) is 0 Å². The van der Waals surface area contributed by atoms with Crippen LogP contribution in [0.3, 0.4) is 0 Å². The van der Waals surface area contributed by atoms with E-state index in [9.17, 15) is 0 Å². The van der Waals surface area contributed by atoms with Crippen molar-refractivity contribution in [1.82, 2.24) is 4.57 Å². The van der Waals surface area contributed by atoms with Gasteiger partial charge in [0.2, 0.25) is 0 Å². The third kappa shape index (κ3) is 3.19. The van der Waals surface area contributed by atoms with Crippen LogP contribution in [0, 0.1) is 28.1 Å². The minimum absolute atomic E-state index is 0.229. The molecule has 3 nitrogen and oxygen atoms in total. The Morgan fingerprint density at radius 1 is 1.15 bits per heavy atom. The summed E-state index contributed by atoms with van der Waals surface area (Å²) in [6.07, 6.45) is 5.08. The lowest BCUT2D eigenvalue weighted by atomic mass is 9.89. The van der Waals surface area contributed by atoms with Crippen LogP contribution >= 0.6 is 0 Å². The van der Waals surface area contributed by atoms with Gasteiger partial charge in [-0.25, -0.2) is 0 Å². The molecule has 102 valence electrons. The van der Waals surface area contributed by atoms with Gasteiger partial charge in [0.1, 0.15) is 0 Å². The molecule has 0 bridgehead atoms. The van der Waals surface area contributed by atoms with Crippen LogP contribution in [0.5, 0.6) is 0 Å². The smallest absolute Gasteiger partial charge is 0.0992 e. The molecule has 20 heavy (non-hydrogen) atoms. The molecule has 0 aliphatic rings. The first-order valence-corrected chi connectivity index (χ1v) is 6.96. The van der Waals surface area contributed by atoms with Crippen molar-refractivity contribution in [2.24, 2.45) is 5.41 Å². The average molecular weight is 265 g/mol. The predicted octanol–water partition coefficient (Wildman–Crippen LogP) is 4.23. The number of aryl methyl sites for hydroxylation is 1. The standard InChI is InChI=1S/C17H19N3/c1-17(2,13-19)8-3-4-9-20-10-7-15-6-5-14(12-18)11-16(15)20/h5-7,10-11H,3-4,8-9H2,1-2H3. The van der Waals surface area contributed by atoms with E-state index in [1.807, 2.05) is 32.0 Å². The van der Waals surface area contributed by atoms with Crippen LogP contribution in [0.1, 0.15) is 38.7 Å². The number of hydrogen-bond donors (Lipinski definition) is 0. The summed E-state index contributed by atoms with van der Waals surface area (Å²) >= 11 is 0. The monoisotopic (exact) mass is 265 g/mol. The van der Waals surface area contributed by atoms with Gasteiger partial charge in [-0.05, 0) is 50.3 Å². The van der Waals surface area contributed by atoms with Crippen molar-refractivity contribution in [3.05, 3.63) is 36.0 Å². The van der Waals surface area contributed by atoms with Gasteiger partial charge in [-0.15, -0.1) is 0 Å². The van der Waals surface area contributed by atoms with Crippen LogP contribution in [0.2, 0.25) is 0 Å². The molecular weight excluding hydrogens is 246 g/mol. The lowest BCUT2D eigenvalue weighted by Gasteiger charge is -2.14. The van der Waals surface area contributed by atoms with Crippen LogP contribution in [0.4, 0.5) is 0 Å². The Hall–Kier alpha value is -2.26. The maximum atomic E-state index is 8.99. The molecule has 2 rings (SSSR count). The summed E-state index contributed by atoms with van der Waals surface area (Å²) in [6.45, 7) is 4.90. The van der Waals surface area contributed by atoms with E-state index in [4.69, 9.17) is 10.5 Å². The highest BCUT2D eigenvalue weighted by Gasteiger charge is 2.15. The number of fused-ring (bicyclic) bond motifs is 1. The summed E-state index contributed by atoms with van der Waals surface area (Å²) in [5, 5.41) is 19.1. The summed E-state index contributed by atoms with van der Waals surface area (Å²) in [5.41, 5.74) is 1.58. The zero-order valence-corrected chi connectivity index (χ0v) is 12.1. The molecule has 3 heteroatoms. The molecule has 0 atom stereocenters. The van der Waals surface area contributed by atoms with Crippen molar-refractivity contribution in [1.29, 1.82) is 10.5 Å². The van der Waals surface area contributed by atoms with E-state index < -0.39 is 0 Å². The van der Waals surface area contributed by atoms with E-state index >= 15 is 0 Å². The third-order valence-electron chi connectivity index (χ3n) is 3.66. The minimum atomic E-state index is -0.229. The van der Waals surface area contributed by atoms with Crippen molar-refractivity contribution in [2.45, 2.75) is 39.7 Å². The summed E-state index contributed by atoms with van der Waals surface area (Å²) < 4.78 is 2.19. The molecular formula is C17H19N3. The lowest BCUT2D eigenvalue weighted by molar-refractivity contribution is 0.418. The van der Waals surface area contributed by atoms with Crippen LogP contribution in [0.25, 0.3) is 10.9 Å². The second kappa shape index (κ2) is 5.80. The molecule has 1 aromatic carbocycles. The molecule has 0 amide bonds. The third-order valence-corrected chi connectivity index (χ3v) is 3.66. The first kappa shape index (κ1) is 14.2. The number of nitriles is 2. The summed E-state index contributed by atoms with van der Waals surface area (Å²) in [6, 6.07) is 12.4. The fourth-order valence-electron chi connectivity index (χ4n) is 2.35. The van der Waals surface area contributed by atoms with Gasteiger partial charge in [-0.3, -0.25) is 0 Å². The van der Waals surface area contributed by atoms with Crippen molar-refractivity contribution in [3.63, 3.8) is 0 Å². The van der Waals surface area contributed by atoms with Crippen molar-refractivity contribution >= 4 is 10.9 Å². The predicted molar refractivity (Wildman–Crippen MR) is 79.9 cm³/mol. The van der Waals surface area contributed by atoms with E-state index in [-0.39, 0.29) is 5.41 Å². The molecule has 0 unspecified atom stereocenters. The Morgan fingerprint density at radius 3 is 2.65 bits per heavy atom. The molecule has 1 heterocycles. The summed E-state index contributed by atoms with van der Waals surface area (Å²) in [7, 11) is 0. The molecule has 0 aliphatic heterocycles. The largest absolute Gasteiger partial charge is 0.347 e. The number of aromatic nitrogens is 1. The molecule has 0 saturated heterocycles. The topological polar surface area (TPSA) is 52.5 Å². The Bertz CT molecular complexity index is 680. The Morgan fingerprint density at radius 2 is 1.95 bits per heavy atom. The highest BCUT2D eigenvalue weighted by molar-refractivity contribution is 5.81. The van der Waals surface area contributed by atoms with Gasteiger partial charge < -0.3 is 4.57 Å². The van der Waals surface area contributed by atoms with Crippen LogP contribution in [-0.4, -0.2) is 4.57 Å². The number of benzene rings is 1. The fourth-order valence-corrected chi connectivity index (χ4v) is 2.35. The maximum absolute atomic E-state index is 8.99. The van der Waals surface area contributed by atoms with Crippen molar-refractivity contribution in [3.8, 4) is 12.1 Å². The second-order valence-electron chi connectivity index (χ2n) is 5.85. The van der Waals surface area contributed by atoms with Crippen molar-refractivity contribution in [2.75, 3.05) is 0 Å². The van der Waals surface area contributed by atoms with E-state index in [2.05, 4.69) is 29.0 Å². The summed E-state index contributed by atoms with van der Waals surface area (Å²) in [4.78, 5) is 0. The van der Waals surface area contributed by atoms with Gasteiger partial charge in [-0.2, -0.15) is 10.5 Å². The molecule has 0 N–H and O–H groups in total. The van der Waals surface area contributed by atoms with E-state index in [0.717, 1.165) is 31.3 Å². The highest BCUT2D eigenvalue weighted by atomic mass is 14.9. The number of unbranched alkanes of at least 4 members (excludes halogenated alkanes) is 1. The van der Waals surface area contributed by atoms with Crippen LogP contribution in [-0.2, 0) is 6.54 Å². The van der Waals surface area contributed by atoms with Gasteiger partial charge >= 0.3 is 0 Å². The van der Waals surface area contributed by atoms with Gasteiger partial charge in [0.25, 0.3) is 0 Å². The molecule has 0 aliphatic carbocycles. The van der Waals surface area contributed by atoms with E-state index in [1.165, 1.54) is 5.39 Å². The van der Waals surface area contributed by atoms with Gasteiger partial charge in [0.05, 0.1) is 23.1 Å². The number of hydrogen-bond acceptors (Lipinski definition) is 2. The van der Waals surface area contributed by atoms with Gasteiger partial charge in [0, 0.05) is 18.3 Å². The molecule has 0 spiro atoms. The molecule has 0 radical (unpaired) electrons. The van der Waals surface area contributed by atoms with Crippen LogP contribution in [0.15, 0.2) is 30.5 Å². The van der Waals surface area contributed by atoms with Crippen LogP contribution < -0.4 is 0 Å². The van der Waals surface area contributed by atoms with Gasteiger partial charge in [0.15, 0.2) is 0 Å². The fraction of sp³-hybridized carbons (Fsp3) is 0.412. The minimum Gasteiger partial charge on any atom is -0.347 e. The first-order valence-electron chi connectivity index (χ1n) is 6.96. The number of nitrogens with zero attached hydrogens (tertiary/aromatic N) is 3. The van der Waals surface area contributed by atoms with Gasteiger partial charge in [-0.1, -0.05) is 12.5 Å². The SMILES string of the molecule is CC(C)(C#N)CCCCn1ccc2ccc(C#N)cc21. The molecule has 2 aromatic rings. The normalized spacial score (nSPS) is 11.2. The second-order valence-corrected chi connectivity index (χ2v) is 5.85. The quantitative estimate of drug-likeness (QED) is 0.759. The molecule has 0 fully saturated rings. The Kier molecular flexibility index (Phi) is 4.11. The zero-order chi connectivity index (χ0) is 14.6. The first-order chi connectivity index (χ1) is 9.55. The number of rotatable bonds is 5. The molecule has 1 aromatic heterocycles. The lowest BCUT2D eigenvalue weighted by Crippen LogP contribution is -2.08. The average Bonchev–Trinajstić information content (AvgIpc) is 2.86. The van der Waals surface area contributed by atoms with E-state index in [0.29, 0.717) is 5.56 Å². The molecule has 0 saturated carbocycles.